The third-order valence-electron chi connectivity index (χ3n) is 4.16. The molecule has 0 aliphatic heterocycles. The third kappa shape index (κ3) is 4.72. The van der Waals surface area contributed by atoms with Crippen LogP contribution in [0.1, 0.15) is 40.5 Å². The number of nitrogens with one attached hydrogen (secondary N) is 1. The maximum absolute atomic E-state index is 12.3. The number of aliphatic hydroxyl groups excluding tert-OH is 1. The van der Waals surface area contributed by atoms with E-state index >= 15 is 0 Å². The lowest BCUT2D eigenvalue weighted by molar-refractivity contribution is 0.102. The molecule has 2 unspecified atom stereocenters. The van der Waals surface area contributed by atoms with Crippen LogP contribution >= 0.6 is 0 Å². The molecule has 3 rings (SSSR count). The van der Waals surface area contributed by atoms with E-state index in [4.69, 9.17) is 15.9 Å². The van der Waals surface area contributed by atoms with E-state index in [0.29, 0.717) is 5.69 Å². The van der Waals surface area contributed by atoms with Crippen LogP contribution in [0.2, 0.25) is 0 Å². The number of carbonyl (C=O) groups excluding carboxylic acids is 1. The molecule has 0 aliphatic rings. The summed E-state index contributed by atoms with van der Waals surface area (Å²) in [5, 5.41) is 12.2. The molecule has 0 aliphatic carbocycles. The molecular formula is C20H22N4O3. The number of nitrogens with two attached hydrogens (primary N) is 2. The normalized spacial score (nSPS) is 13.1. The zero-order chi connectivity index (χ0) is 19.4. The van der Waals surface area contributed by atoms with Gasteiger partial charge in [-0.05, 0) is 48.7 Å². The topological polar surface area (TPSA) is 127 Å². The molecule has 6 N–H and O–H groups in total. The van der Waals surface area contributed by atoms with Crippen LogP contribution in [-0.4, -0.2) is 22.1 Å². The summed E-state index contributed by atoms with van der Waals surface area (Å²) in [7, 11) is 0. The molecule has 0 saturated heterocycles. The molecule has 0 saturated carbocycles. The number of benzene rings is 2. The fourth-order valence-corrected chi connectivity index (χ4v) is 2.52. The monoisotopic (exact) mass is 366 g/mol. The predicted octanol–water partition coefficient (Wildman–Crippen LogP) is 2.48. The van der Waals surface area contributed by atoms with Crippen molar-refractivity contribution in [3.63, 3.8) is 0 Å². The van der Waals surface area contributed by atoms with Crippen LogP contribution in [0, 0.1) is 0 Å². The molecule has 0 radical (unpaired) electrons. The Morgan fingerprint density at radius 1 is 1.15 bits per heavy atom. The average Bonchev–Trinajstić information content (AvgIpc) is 3.14. The molecule has 27 heavy (non-hydrogen) atoms. The average molecular weight is 366 g/mol. The van der Waals surface area contributed by atoms with Crippen molar-refractivity contribution in [1.82, 2.24) is 4.98 Å². The summed E-state index contributed by atoms with van der Waals surface area (Å²) in [6.45, 7) is 1.53. The lowest BCUT2D eigenvalue weighted by Crippen LogP contribution is -2.23. The Balaban J connectivity index is 1.62. The first-order valence-electron chi connectivity index (χ1n) is 8.56. The van der Waals surface area contributed by atoms with Gasteiger partial charge in [-0.3, -0.25) is 4.79 Å². The second-order valence-corrected chi connectivity index (χ2v) is 6.41. The number of aliphatic hydroxyl groups is 1. The fourth-order valence-electron chi connectivity index (χ4n) is 2.52. The van der Waals surface area contributed by atoms with Gasteiger partial charge in [0.1, 0.15) is 12.3 Å². The number of aromatic nitrogens is 1. The minimum Gasteiger partial charge on any atom is -0.446 e. The van der Waals surface area contributed by atoms with Gasteiger partial charge in [0.2, 0.25) is 5.89 Å². The van der Waals surface area contributed by atoms with E-state index in [9.17, 15) is 9.90 Å². The Morgan fingerprint density at radius 3 is 2.33 bits per heavy atom. The van der Waals surface area contributed by atoms with Gasteiger partial charge in [0.15, 0.2) is 5.69 Å². The number of oxazole rings is 1. The first kappa shape index (κ1) is 18.6. The number of nitrogens with zero attached hydrogens (tertiary/aromatic N) is 1. The van der Waals surface area contributed by atoms with Crippen molar-refractivity contribution in [1.29, 1.82) is 0 Å². The Kier molecular flexibility index (Phi) is 5.54. The summed E-state index contributed by atoms with van der Waals surface area (Å²) in [6.07, 6.45) is 1.17. The van der Waals surface area contributed by atoms with Crippen molar-refractivity contribution in [2.24, 2.45) is 5.73 Å². The van der Waals surface area contributed by atoms with Gasteiger partial charge >= 0.3 is 0 Å². The Bertz CT molecular complexity index is 902. The lowest BCUT2D eigenvalue weighted by atomic mass is 10.0. The molecule has 0 fully saturated rings. The summed E-state index contributed by atoms with van der Waals surface area (Å²) < 4.78 is 5.17. The summed E-state index contributed by atoms with van der Waals surface area (Å²) in [6, 6.07) is 14.5. The first-order valence-corrected chi connectivity index (χ1v) is 8.56. The van der Waals surface area contributed by atoms with Crippen molar-refractivity contribution in [2.75, 3.05) is 11.1 Å². The van der Waals surface area contributed by atoms with Crippen molar-refractivity contribution < 1.29 is 14.3 Å². The van der Waals surface area contributed by atoms with Crippen LogP contribution in [0.25, 0.3) is 0 Å². The van der Waals surface area contributed by atoms with Crippen LogP contribution in [0.5, 0.6) is 0 Å². The highest BCUT2D eigenvalue weighted by molar-refractivity contribution is 6.02. The highest BCUT2D eigenvalue weighted by Crippen LogP contribution is 2.17. The first-order chi connectivity index (χ1) is 12.9. The van der Waals surface area contributed by atoms with Gasteiger partial charge in [0.25, 0.3) is 5.91 Å². The smallest absolute Gasteiger partial charge is 0.277 e. The number of amides is 1. The van der Waals surface area contributed by atoms with Gasteiger partial charge in [-0.2, -0.15) is 0 Å². The van der Waals surface area contributed by atoms with Crippen LogP contribution in [0.3, 0.4) is 0 Å². The minimum absolute atomic E-state index is 0.104. The van der Waals surface area contributed by atoms with E-state index in [1.807, 2.05) is 48.5 Å². The van der Waals surface area contributed by atoms with Crippen molar-refractivity contribution in [2.45, 2.75) is 25.5 Å². The number of hydrogen-bond donors (Lipinski definition) is 4. The quantitative estimate of drug-likeness (QED) is 0.496. The van der Waals surface area contributed by atoms with E-state index in [1.165, 1.54) is 13.2 Å². The molecule has 2 aromatic carbocycles. The number of rotatable bonds is 6. The van der Waals surface area contributed by atoms with E-state index < -0.39 is 18.1 Å². The number of nitrogen functional groups attached to an aromatic ring is 1. The van der Waals surface area contributed by atoms with Gasteiger partial charge in [-0.25, -0.2) is 4.98 Å². The van der Waals surface area contributed by atoms with E-state index in [0.717, 1.165) is 23.2 Å². The van der Waals surface area contributed by atoms with Gasteiger partial charge in [-0.15, -0.1) is 0 Å². The second-order valence-electron chi connectivity index (χ2n) is 6.41. The van der Waals surface area contributed by atoms with E-state index in [2.05, 4.69) is 10.3 Å². The Labute approximate surface area is 157 Å². The SMILES string of the molecule is CC(O)C(N)c1nc(C(=O)Nc2ccc(Cc3ccc(N)cc3)cc2)co1. The van der Waals surface area contributed by atoms with Gasteiger partial charge in [0, 0.05) is 11.4 Å². The third-order valence-corrected chi connectivity index (χ3v) is 4.16. The summed E-state index contributed by atoms with van der Waals surface area (Å²) in [5.74, 6) is -0.289. The Hall–Kier alpha value is -3.16. The highest BCUT2D eigenvalue weighted by atomic mass is 16.3. The number of hydrogen-bond acceptors (Lipinski definition) is 6. The van der Waals surface area contributed by atoms with E-state index in [-0.39, 0.29) is 11.6 Å². The standard InChI is InChI=1S/C20H22N4O3/c1-12(25)18(22)20-24-17(11-27-20)19(26)23-16-8-4-14(5-9-16)10-13-2-6-15(21)7-3-13/h2-9,11-12,18,25H,10,21-22H2,1H3,(H,23,26). The van der Waals surface area contributed by atoms with Crippen molar-refractivity contribution in [3.8, 4) is 0 Å². The molecule has 0 spiro atoms. The summed E-state index contributed by atoms with van der Waals surface area (Å²) in [5.41, 5.74) is 15.2. The van der Waals surface area contributed by atoms with Crippen LogP contribution in [0.15, 0.2) is 59.2 Å². The van der Waals surface area contributed by atoms with Crippen molar-refractivity contribution in [3.05, 3.63) is 77.5 Å². The largest absolute Gasteiger partial charge is 0.446 e. The maximum atomic E-state index is 12.3. The molecule has 7 heteroatoms. The molecule has 0 bridgehead atoms. The molecule has 1 aromatic heterocycles. The molecule has 2 atom stereocenters. The molecule has 3 aromatic rings. The van der Waals surface area contributed by atoms with Crippen LogP contribution < -0.4 is 16.8 Å². The number of anilines is 2. The molecule has 1 amide bonds. The minimum atomic E-state index is -0.826. The molecule has 7 nitrogen and oxygen atoms in total. The molecular weight excluding hydrogens is 344 g/mol. The number of carbonyl (C=O) groups is 1. The summed E-state index contributed by atoms with van der Waals surface area (Å²) in [4.78, 5) is 16.3. The van der Waals surface area contributed by atoms with Crippen LogP contribution in [0.4, 0.5) is 11.4 Å². The van der Waals surface area contributed by atoms with Gasteiger partial charge in [-0.1, -0.05) is 24.3 Å². The predicted molar refractivity (Wildman–Crippen MR) is 103 cm³/mol. The van der Waals surface area contributed by atoms with Crippen LogP contribution in [-0.2, 0) is 6.42 Å². The lowest BCUT2D eigenvalue weighted by Gasteiger charge is -2.09. The van der Waals surface area contributed by atoms with Gasteiger partial charge < -0.3 is 26.3 Å². The Morgan fingerprint density at radius 2 is 1.74 bits per heavy atom. The van der Waals surface area contributed by atoms with Crippen molar-refractivity contribution >= 4 is 17.3 Å². The van der Waals surface area contributed by atoms with Gasteiger partial charge in [0.05, 0.1) is 6.10 Å². The second kappa shape index (κ2) is 8.03. The summed E-state index contributed by atoms with van der Waals surface area (Å²) >= 11 is 0. The zero-order valence-corrected chi connectivity index (χ0v) is 14.9. The maximum Gasteiger partial charge on any atom is 0.277 e. The highest BCUT2D eigenvalue weighted by Gasteiger charge is 2.20. The fraction of sp³-hybridized carbons (Fsp3) is 0.200. The van der Waals surface area contributed by atoms with E-state index in [1.54, 1.807) is 0 Å². The molecule has 140 valence electrons. The molecule has 1 heterocycles. The zero-order valence-electron chi connectivity index (χ0n) is 14.9.